The molecule has 2 aromatic rings. The molecule has 0 amide bonds. The van der Waals surface area contributed by atoms with Crippen LogP contribution in [0.1, 0.15) is 128 Å². The number of benzene rings is 2. The van der Waals surface area contributed by atoms with Gasteiger partial charge in [0.15, 0.2) is 0 Å². The fraction of sp³-hybridized carbons (Fsp3) is 0.629. The Bertz CT molecular complexity index is 854. The first-order valence-corrected chi connectivity index (χ1v) is 15.5. The number of ether oxygens (including phenoxy) is 2. The van der Waals surface area contributed by atoms with E-state index in [9.17, 15) is 4.79 Å². The lowest BCUT2D eigenvalue weighted by Gasteiger charge is -2.12. The molecule has 0 heterocycles. The van der Waals surface area contributed by atoms with Crippen molar-refractivity contribution in [1.82, 2.24) is 0 Å². The van der Waals surface area contributed by atoms with E-state index in [-0.39, 0.29) is 5.97 Å². The highest BCUT2D eigenvalue weighted by Gasteiger charge is 2.10. The van der Waals surface area contributed by atoms with Gasteiger partial charge in [0, 0.05) is 0 Å². The highest BCUT2D eigenvalue weighted by molar-refractivity contribution is 5.90. The summed E-state index contributed by atoms with van der Waals surface area (Å²) in [5.74, 6) is 2.03. The van der Waals surface area contributed by atoms with Crippen LogP contribution in [0.3, 0.4) is 0 Å². The molecule has 0 radical (unpaired) electrons. The van der Waals surface area contributed by atoms with Gasteiger partial charge < -0.3 is 9.47 Å². The molecule has 0 aliphatic carbocycles. The molecular weight excluding hydrogens is 468 g/mol. The zero-order valence-corrected chi connectivity index (χ0v) is 24.8. The summed E-state index contributed by atoms with van der Waals surface area (Å²) in [6.45, 7) is 10.3. The third-order valence-corrected chi connectivity index (χ3v) is 7.40. The van der Waals surface area contributed by atoms with Crippen molar-refractivity contribution in [2.45, 2.75) is 118 Å². The largest absolute Gasteiger partial charge is 0.494 e. The van der Waals surface area contributed by atoms with Crippen LogP contribution in [0.5, 0.6) is 5.75 Å². The molecule has 0 N–H and O–H groups in total. The fourth-order valence-corrected chi connectivity index (χ4v) is 4.78. The minimum atomic E-state index is -0.235. The van der Waals surface area contributed by atoms with E-state index < -0.39 is 0 Å². The maximum Gasteiger partial charge on any atom is 0.338 e. The van der Waals surface area contributed by atoms with Gasteiger partial charge in [-0.3, -0.25) is 0 Å². The quantitative estimate of drug-likeness (QED) is 0.121. The highest BCUT2D eigenvalue weighted by Crippen LogP contribution is 2.24. The van der Waals surface area contributed by atoms with Gasteiger partial charge in [0.25, 0.3) is 0 Å². The van der Waals surface area contributed by atoms with E-state index in [0.717, 1.165) is 42.2 Å². The van der Waals surface area contributed by atoms with Gasteiger partial charge in [0.2, 0.25) is 0 Å². The van der Waals surface area contributed by atoms with Gasteiger partial charge in [-0.05, 0) is 60.1 Å². The second-order valence-corrected chi connectivity index (χ2v) is 11.5. The monoisotopic (exact) mass is 522 g/mol. The second kappa shape index (κ2) is 19.7. The maximum atomic E-state index is 12.4. The van der Waals surface area contributed by atoms with Crippen molar-refractivity contribution in [3.8, 4) is 16.9 Å². The second-order valence-electron chi connectivity index (χ2n) is 11.5. The van der Waals surface area contributed by atoms with Crippen LogP contribution in [-0.4, -0.2) is 19.2 Å². The average Bonchev–Trinajstić information content (AvgIpc) is 2.92. The summed E-state index contributed by atoms with van der Waals surface area (Å²) in [4.78, 5) is 12.4. The normalized spacial score (nSPS) is 12.0. The van der Waals surface area contributed by atoms with E-state index in [2.05, 4.69) is 39.8 Å². The predicted octanol–water partition coefficient (Wildman–Crippen LogP) is 10.7. The molecule has 1 unspecified atom stereocenters. The van der Waals surface area contributed by atoms with Gasteiger partial charge in [0.05, 0.1) is 18.8 Å². The molecule has 0 bridgehead atoms. The van der Waals surface area contributed by atoms with Gasteiger partial charge in [0.1, 0.15) is 5.75 Å². The lowest BCUT2D eigenvalue weighted by molar-refractivity contribution is 0.0483. The molecule has 0 spiro atoms. The Labute approximate surface area is 233 Å². The van der Waals surface area contributed by atoms with E-state index >= 15 is 0 Å². The Morgan fingerprint density at radius 3 is 1.76 bits per heavy atom. The third-order valence-electron chi connectivity index (χ3n) is 7.40. The van der Waals surface area contributed by atoms with Crippen molar-refractivity contribution in [3.63, 3.8) is 0 Å². The molecule has 0 saturated carbocycles. The smallest absolute Gasteiger partial charge is 0.338 e. The van der Waals surface area contributed by atoms with Gasteiger partial charge in [-0.2, -0.15) is 0 Å². The molecule has 3 heteroatoms. The van der Waals surface area contributed by atoms with Crippen molar-refractivity contribution in [1.29, 1.82) is 0 Å². The first kappa shape index (κ1) is 31.9. The minimum absolute atomic E-state index is 0.235. The molecule has 0 aliphatic rings. The summed E-state index contributed by atoms with van der Waals surface area (Å²) in [7, 11) is 0. The van der Waals surface area contributed by atoms with Crippen LogP contribution < -0.4 is 4.74 Å². The molecule has 1 atom stereocenters. The molecule has 0 saturated heterocycles. The number of unbranched alkanes of at least 4 members (excludes halogenated alkanes) is 9. The van der Waals surface area contributed by atoms with Crippen LogP contribution in [0.15, 0.2) is 48.5 Å². The van der Waals surface area contributed by atoms with Gasteiger partial charge in [-0.1, -0.05) is 129 Å². The SMILES string of the molecule is CCCCCCCCCCCCOc1ccc(-c2ccc(C(=O)OCCC(C)CCCC(C)C)cc2)cc1. The Balaban J connectivity index is 1.62. The van der Waals surface area contributed by atoms with Crippen LogP contribution in [0.4, 0.5) is 0 Å². The van der Waals surface area contributed by atoms with Gasteiger partial charge in [-0.25, -0.2) is 4.79 Å². The summed E-state index contributed by atoms with van der Waals surface area (Å²) < 4.78 is 11.5. The van der Waals surface area contributed by atoms with Crippen LogP contribution in [0, 0.1) is 11.8 Å². The number of esters is 1. The molecule has 0 aromatic heterocycles. The van der Waals surface area contributed by atoms with Crippen LogP contribution in [-0.2, 0) is 4.74 Å². The highest BCUT2D eigenvalue weighted by atomic mass is 16.5. The van der Waals surface area contributed by atoms with E-state index in [4.69, 9.17) is 9.47 Å². The molecule has 38 heavy (non-hydrogen) atoms. The number of rotatable bonds is 21. The first-order chi connectivity index (χ1) is 18.5. The van der Waals surface area contributed by atoms with Crippen LogP contribution in [0.2, 0.25) is 0 Å². The van der Waals surface area contributed by atoms with Crippen LogP contribution in [0.25, 0.3) is 11.1 Å². The summed E-state index contributed by atoms with van der Waals surface area (Å²) in [6.07, 6.45) is 18.0. The Morgan fingerprint density at radius 1 is 0.632 bits per heavy atom. The van der Waals surface area contributed by atoms with Gasteiger partial charge >= 0.3 is 5.97 Å². The standard InChI is InChI=1S/C35H54O3/c1-5-6-7-8-9-10-11-12-13-14-27-37-34-24-22-32(23-25-34)31-18-20-33(21-19-31)35(36)38-28-26-30(4)17-15-16-29(2)3/h18-25,29-30H,5-17,26-28H2,1-4H3. The topological polar surface area (TPSA) is 35.5 Å². The fourth-order valence-electron chi connectivity index (χ4n) is 4.78. The van der Waals surface area contributed by atoms with Gasteiger partial charge in [-0.15, -0.1) is 0 Å². The van der Waals surface area contributed by atoms with Crippen LogP contribution >= 0.6 is 0 Å². The lowest BCUT2D eigenvalue weighted by Crippen LogP contribution is -2.09. The Hall–Kier alpha value is -2.29. The first-order valence-electron chi connectivity index (χ1n) is 15.5. The molecule has 3 nitrogen and oxygen atoms in total. The number of hydrogen-bond acceptors (Lipinski definition) is 3. The molecular formula is C35H54O3. The van der Waals surface area contributed by atoms with E-state index in [0.29, 0.717) is 18.1 Å². The van der Waals surface area contributed by atoms with Crippen molar-refractivity contribution in [3.05, 3.63) is 54.1 Å². The number of carbonyl (C=O) groups excluding carboxylic acids is 1. The summed E-state index contributed by atoms with van der Waals surface area (Å²) in [5, 5.41) is 0. The average molecular weight is 523 g/mol. The summed E-state index contributed by atoms with van der Waals surface area (Å²) in [5.41, 5.74) is 2.81. The number of carbonyl (C=O) groups is 1. The summed E-state index contributed by atoms with van der Waals surface area (Å²) in [6, 6.07) is 15.9. The third kappa shape index (κ3) is 14.0. The molecule has 0 fully saturated rings. The minimum Gasteiger partial charge on any atom is -0.494 e. The zero-order chi connectivity index (χ0) is 27.4. The molecule has 2 aromatic carbocycles. The van der Waals surface area contributed by atoms with E-state index in [1.165, 1.54) is 77.0 Å². The zero-order valence-electron chi connectivity index (χ0n) is 24.8. The van der Waals surface area contributed by atoms with Crippen molar-refractivity contribution in [2.75, 3.05) is 13.2 Å². The predicted molar refractivity (Wildman–Crippen MR) is 162 cm³/mol. The lowest BCUT2D eigenvalue weighted by atomic mass is 9.98. The number of hydrogen-bond donors (Lipinski definition) is 0. The molecule has 0 aliphatic heterocycles. The Kier molecular flexibility index (Phi) is 16.6. The Morgan fingerprint density at radius 2 is 1.18 bits per heavy atom. The van der Waals surface area contributed by atoms with Crippen molar-refractivity contribution < 1.29 is 14.3 Å². The van der Waals surface area contributed by atoms with Crippen molar-refractivity contribution >= 4 is 5.97 Å². The maximum absolute atomic E-state index is 12.4. The van der Waals surface area contributed by atoms with E-state index in [1.54, 1.807) is 0 Å². The van der Waals surface area contributed by atoms with Crippen molar-refractivity contribution in [2.24, 2.45) is 11.8 Å². The molecule has 2 rings (SSSR count). The summed E-state index contributed by atoms with van der Waals surface area (Å²) >= 11 is 0. The molecule has 212 valence electrons. The van der Waals surface area contributed by atoms with E-state index in [1.807, 2.05) is 36.4 Å².